The van der Waals surface area contributed by atoms with E-state index >= 15 is 0 Å². The summed E-state index contributed by atoms with van der Waals surface area (Å²) in [6.45, 7) is 8.49. The highest BCUT2D eigenvalue weighted by Crippen LogP contribution is 2.22. The zero-order valence-electron chi connectivity index (χ0n) is 28.1. The van der Waals surface area contributed by atoms with Gasteiger partial charge in [0.15, 0.2) is 22.5 Å². The van der Waals surface area contributed by atoms with Crippen molar-refractivity contribution in [2.24, 2.45) is 0 Å². The van der Waals surface area contributed by atoms with Crippen molar-refractivity contribution in [3.05, 3.63) is 59.5 Å². The first-order chi connectivity index (χ1) is 23.2. The van der Waals surface area contributed by atoms with Gasteiger partial charge in [0.25, 0.3) is 0 Å². The van der Waals surface area contributed by atoms with Gasteiger partial charge in [-0.05, 0) is 58.3 Å². The Labute approximate surface area is 291 Å². The fourth-order valence-corrected chi connectivity index (χ4v) is 4.99. The van der Waals surface area contributed by atoms with Crippen molar-refractivity contribution in [2.75, 3.05) is 73.2 Å². The maximum atomic E-state index is 11.4. The van der Waals surface area contributed by atoms with E-state index in [0.717, 1.165) is 31.9 Å². The Kier molecular flexibility index (Phi) is 14.0. The lowest BCUT2D eigenvalue weighted by Gasteiger charge is -2.34. The lowest BCUT2D eigenvalue weighted by atomic mass is 10.2. The number of benzene rings is 1. The highest BCUT2D eigenvalue weighted by Gasteiger charge is 2.15. The third-order valence-electron chi connectivity index (χ3n) is 6.98. The van der Waals surface area contributed by atoms with E-state index in [0.29, 0.717) is 22.2 Å². The van der Waals surface area contributed by atoms with Gasteiger partial charge < -0.3 is 32.3 Å². The minimum Gasteiger partial charge on any atom is -0.383 e. The minimum atomic E-state index is -1.27. The van der Waals surface area contributed by atoms with Gasteiger partial charge in [-0.2, -0.15) is 4.98 Å². The molecule has 0 bridgehead atoms. The maximum Gasteiger partial charge on any atom is 0.229 e. The van der Waals surface area contributed by atoms with Gasteiger partial charge >= 0.3 is 0 Å². The number of Topliss-reactive ketones (excluding diaryl/α,β-unsaturated/α-hetero) is 3. The molecule has 3 aromatic heterocycles. The van der Waals surface area contributed by atoms with Gasteiger partial charge in [0.1, 0.15) is 17.5 Å². The number of piperazine rings is 1. The number of ketones is 3. The second-order valence-electron chi connectivity index (χ2n) is 10.7. The van der Waals surface area contributed by atoms with Gasteiger partial charge in [-0.25, -0.2) is 24.9 Å². The topological polar surface area (TPSA) is 242 Å². The summed E-state index contributed by atoms with van der Waals surface area (Å²) < 4.78 is 10.9. The van der Waals surface area contributed by atoms with Crippen molar-refractivity contribution in [3.8, 4) is 0 Å². The molecule has 1 aromatic carbocycles. The molecule has 5 rings (SSSR count). The highest BCUT2D eigenvalue weighted by atomic mass is 32.2. The van der Waals surface area contributed by atoms with Gasteiger partial charge in [-0.15, -0.1) is 0 Å². The predicted molar refractivity (Wildman–Crippen MR) is 193 cm³/mol. The van der Waals surface area contributed by atoms with Crippen LogP contribution in [0, 0.1) is 0 Å². The lowest BCUT2D eigenvalue weighted by molar-refractivity contribution is 0.100. The molecule has 0 saturated carbocycles. The first-order valence-corrected chi connectivity index (χ1v) is 17.6. The molecule has 4 heterocycles. The van der Waals surface area contributed by atoms with Crippen LogP contribution in [0.1, 0.15) is 51.8 Å². The molecule has 49 heavy (non-hydrogen) atoms. The first kappa shape index (κ1) is 38.4. The molecule has 7 N–H and O–H groups in total. The largest absolute Gasteiger partial charge is 0.383 e. The number of nitrogen functional groups attached to an aromatic ring is 3. The standard InChI is InChI=1S/C17H22N6O.C7H9N3O2S.C7H9N3OS/c1-12(24)15-11-19-17(21-16(15)18)20-13-3-5-14(6-4-13)23-9-7-22(2)8-10-23;1-4(11)5-3-9-7(13(2)12)10-6(5)8;1-4(11)5-3-9-7(12-2)10-6(5)8/h3-6,11H,7-10H2,1-2H3,(H3,18,19,20,21);3H,1-2H3,(H2,8,9,10);3H,1-2H3,(H2,8,9,10). The molecular formula is C31H40N12O4S2. The Bertz CT molecular complexity index is 1820. The molecule has 0 radical (unpaired) electrons. The average Bonchev–Trinajstić information content (AvgIpc) is 3.05. The molecule has 1 aliphatic rings. The lowest BCUT2D eigenvalue weighted by Crippen LogP contribution is -2.44. The summed E-state index contributed by atoms with van der Waals surface area (Å²) in [5.41, 5.74) is 19.8. The quantitative estimate of drug-likeness (QED) is 0.117. The van der Waals surface area contributed by atoms with Gasteiger partial charge in [-0.3, -0.25) is 18.6 Å². The molecule has 0 aliphatic carbocycles. The van der Waals surface area contributed by atoms with Crippen molar-refractivity contribution >= 4 is 74.7 Å². The molecule has 1 unspecified atom stereocenters. The number of hydrogen-bond acceptors (Lipinski definition) is 17. The summed E-state index contributed by atoms with van der Waals surface area (Å²) in [4.78, 5) is 61.5. The third kappa shape index (κ3) is 11.3. The second-order valence-corrected chi connectivity index (χ2v) is 12.7. The van der Waals surface area contributed by atoms with E-state index in [1.54, 1.807) is 0 Å². The number of aromatic nitrogens is 6. The smallest absolute Gasteiger partial charge is 0.229 e. The maximum absolute atomic E-state index is 11.4. The van der Waals surface area contributed by atoms with Crippen LogP contribution < -0.4 is 27.4 Å². The number of likely N-dealkylation sites (N-methyl/N-ethyl adjacent to an activating group) is 1. The van der Waals surface area contributed by atoms with Crippen LogP contribution in [0.5, 0.6) is 0 Å². The van der Waals surface area contributed by atoms with Crippen molar-refractivity contribution in [1.29, 1.82) is 0 Å². The molecule has 1 saturated heterocycles. The summed E-state index contributed by atoms with van der Waals surface area (Å²) in [5, 5.41) is 3.83. The highest BCUT2D eigenvalue weighted by molar-refractivity contribution is 7.98. The Morgan fingerprint density at radius 2 is 1.24 bits per heavy atom. The Morgan fingerprint density at radius 3 is 1.69 bits per heavy atom. The second kappa shape index (κ2) is 17.9. The molecule has 0 amide bonds. The molecule has 0 spiro atoms. The molecular weight excluding hydrogens is 669 g/mol. The van der Waals surface area contributed by atoms with E-state index < -0.39 is 10.8 Å². The summed E-state index contributed by atoms with van der Waals surface area (Å²) in [6.07, 6.45) is 7.49. The van der Waals surface area contributed by atoms with Crippen LogP contribution in [0.2, 0.25) is 0 Å². The van der Waals surface area contributed by atoms with Gasteiger partial charge in [-0.1, -0.05) is 11.8 Å². The molecule has 16 nitrogen and oxygen atoms in total. The van der Waals surface area contributed by atoms with E-state index in [4.69, 9.17) is 17.2 Å². The van der Waals surface area contributed by atoms with Crippen LogP contribution in [-0.4, -0.2) is 102 Å². The fourth-order valence-electron chi connectivity index (χ4n) is 4.21. The van der Waals surface area contributed by atoms with E-state index in [9.17, 15) is 18.6 Å². The number of nitrogens with one attached hydrogen (secondary N) is 1. The molecule has 18 heteroatoms. The fraction of sp³-hybridized carbons (Fsp3) is 0.323. The summed E-state index contributed by atoms with van der Waals surface area (Å²) in [6, 6.07) is 8.15. The van der Waals surface area contributed by atoms with Crippen molar-refractivity contribution in [2.45, 2.75) is 31.1 Å². The monoisotopic (exact) mass is 708 g/mol. The Morgan fingerprint density at radius 1 is 0.755 bits per heavy atom. The summed E-state index contributed by atoms with van der Waals surface area (Å²) in [7, 11) is 0.872. The van der Waals surface area contributed by atoms with Crippen LogP contribution in [0.4, 0.5) is 34.8 Å². The first-order valence-electron chi connectivity index (χ1n) is 14.8. The average molecular weight is 709 g/mol. The van der Waals surface area contributed by atoms with E-state index in [1.807, 2.05) is 18.4 Å². The van der Waals surface area contributed by atoms with Crippen molar-refractivity contribution in [1.82, 2.24) is 34.8 Å². The molecule has 1 atom stereocenters. The molecule has 1 fully saturated rings. The van der Waals surface area contributed by atoms with Crippen LogP contribution in [0.15, 0.2) is 53.2 Å². The number of hydrogen-bond donors (Lipinski definition) is 4. The zero-order valence-corrected chi connectivity index (χ0v) is 29.8. The number of carbonyl (C=O) groups is 3. The number of anilines is 6. The number of carbonyl (C=O) groups excluding carboxylic acids is 3. The number of nitrogens with zero attached hydrogens (tertiary/aromatic N) is 8. The van der Waals surface area contributed by atoms with Gasteiger partial charge in [0, 0.05) is 62.4 Å². The third-order valence-corrected chi connectivity index (χ3v) is 8.25. The van der Waals surface area contributed by atoms with E-state index in [2.05, 4.69) is 64.2 Å². The van der Waals surface area contributed by atoms with E-state index in [-0.39, 0.29) is 45.5 Å². The number of nitrogens with two attached hydrogens (primary N) is 3. The normalized spacial score (nSPS) is 13.2. The van der Waals surface area contributed by atoms with Gasteiger partial charge in [0.05, 0.1) is 27.5 Å². The SMILES string of the molecule is CC(=O)c1cnc(Nc2ccc(N3CCN(C)CC3)cc2)nc1N.CC(=O)c1cnc(S(C)=O)nc1N.CSc1ncc(C(C)=O)c(N)n1. The molecule has 4 aromatic rings. The minimum absolute atomic E-state index is 0.0766. The predicted octanol–water partition coefficient (Wildman–Crippen LogP) is 2.74. The van der Waals surface area contributed by atoms with Crippen LogP contribution in [-0.2, 0) is 10.8 Å². The van der Waals surface area contributed by atoms with Crippen molar-refractivity contribution < 1.29 is 18.6 Å². The van der Waals surface area contributed by atoms with Crippen LogP contribution >= 0.6 is 11.8 Å². The Balaban J connectivity index is 0.000000220. The number of thioether (sulfide) groups is 1. The van der Waals surface area contributed by atoms with Gasteiger partial charge in [0.2, 0.25) is 11.1 Å². The van der Waals surface area contributed by atoms with Crippen LogP contribution in [0.3, 0.4) is 0 Å². The molecule has 260 valence electrons. The Hall–Kier alpha value is -5.07. The summed E-state index contributed by atoms with van der Waals surface area (Å²) in [5.74, 6) is 0.440. The zero-order chi connectivity index (χ0) is 36.2. The van der Waals surface area contributed by atoms with Crippen LogP contribution in [0.25, 0.3) is 0 Å². The molecule has 1 aliphatic heterocycles. The van der Waals surface area contributed by atoms with Crippen molar-refractivity contribution in [3.63, 3.8) is 0 Å². The number of rotatable bonds is 8. The van der Waals surface area contributed by atoms with E-state index in [1.165, 1.54) is 63.1 Å². The summed E-state index contributed by atoms with van der Waals surface area (Å²) >= 11 is 1.39.